The molecule has 1 atom stereocenters. The number of nitrogens with zero attached hydrogens (tertiary/aromatic N) is 4. The van der Waals surface area contributed by atoms with Gasteiger partial charge in [0.15, 0.2) is 5.82 Å². The van der Waals surface area contributed by atoms with Gasteiger partial charge in [-0.2, -0.15) is 5.10 Å². The van der Waals surface area contributed by atoms with Gasteiger partial charge in [0.2, 0.25) is 10.0 Å². The van der Waals surface area contributed by atoms with E-state index in [4.69, 9.17) is 0 Å². The number of fused-ring (bicyclic) bond motifs is 1. The monoisotopic (exact) mass is 457 g/mol. The van der Waals surface area contributed by atoms with Crippen molar-refractivity contribution in [2.24, 2.45) is 0 Å². The molecule has 8 nitrogen and oxygen atoms in total. The summed E-state index contributed by atoms with van der Waals surface area (Å²) in [6, 6.07) is 10.9. The molecule has 4 rings (SSSR count). The van der Waals surface area contributed by atoms with Crippen molar-refractivity contribution in [3.8, 4) is 0 Å². The van der Waals surface area contributed by atoms with E-state index < -0.39 is 10.0 Å². The summed E-state index contributed by atoms with van der Waals surface area (Å²) < 4.78 is 40.8. The zero-order chi connectivity index (χ0) is 23.0. The van der Waals surface area contributed by atoms with E-state index in [-0.39, 0.29) is 36.8 Å². The number of nitrogens with one attached hydrogen (secondary N) is 1. The van der Waals surface area contributed by atoms with Crippen molar-refractivity contribution in [2.45, 2.75) is 32.4 Å². The predicted molar refractivity (Wildman–Crippen MR) is 118 cm³/mol. The van der Waals surface area contributed by atoms with E-state index in [1.165, 1.54) is 16.4 Å². The van der Waals surface area contributed by atoms with E-state index in [0.29, 0.717) is 22.6 Å². The molecule has 0 unspecified atom stereocenters. The number of benzene rings is 2. The van der Waals surface area contributed by atoms with E-state index in [1.807, 2.05) is 13.8 Å². The van der Waals surface area contributed by atoms with Crippen molar-refractivity contribution >= 4 is 21.6 Å². The van der Waals surface area contributed by atoms with Crippen molar-refractivity contribution in [1.29, 1.82) is 0 Å². The number of sulfonamides is 1. The second-order valence-electron chi connectivity index (χ2n) is 8.11. The van der Waals surface area contributed by atoms with Crippen LogP contribution in [-0.4, -0.2) is 41.9 Å². The van der Waals surface area contributed by atoms with E-state index >= 15 is 0 Å². The van der Waals surface area contributed by atoms with Crippen LogP contribution in [0.15, 0.2) is 48.8 Å². The Kier molecular flexibility index (Phi) is 5.72. The molecular formula is C22H24FN5O3S. The third-order valence-corrected chi connectivity index (χ3v) is 6.56. The maximum atomic E-state index is 13.1. The van der Waals surface area contributed by atoms with Gasteiger partial charge in [0.1, 0.15) is 12.1 Å². The summed E-state index contributed by atoms with van der Waals surface area (Å²) in [4.78, 5) is 17.1. The normalized spacial score (nSPS) is 15.8. The highest BCUT2D eigenvalue weighted by molar-refractivity contribution is 7.92. The van der Waals surface area contributed by atoms with Gasteiger partial charge in [-0.05, 0) is 55.3 Å². The molecule has 1 amide bonds. The molecule has 0 radical (unpaired) electrons. The minimum Gasteiger partial charge on any atom is -0.348 e. The zero-order valence-corrected chi connectivity index (χ0v) is 18.8. The first-order valence-corrected chi connectivity index (χ1v) is 12.0. The highest BCUT2D eigenvalue weighted by Crippen LogP contribution is 2.41. The van der Waals surface area contributed by atoms with Crippen LogP contribution < -0.4 is 9.62 Å². The van der Waals surface area contributed by atoms with Crippen molar-refractivity contribution < 1.29 is 17.6 Å². The molecule has 0 saturated carbocycles. The lowest BCUT2D eigenvalue weighted by Crippen LogP contribution is -2.29. The minimum absolute atomic E-state index is 0.117. The number of hydrogen-bond donors (Lipinski definition) is 1. The van der Waals surface area contributed by atoms with Gasteiger partial charge < -0.3 is 5.32 Å². The summed E-state index contributed by atoms with van der Waals surface area (Å²) in [5, 5.41) is 7.33. The lowest BCUT2D eigenvalue weighted by atomic mass is 9.98. The largest absolute Gasteiger partial charge is 0.348 e. The first-order valence-electron chi connectivity index (χ1n) is 10.2. The number of hydrogen-bond acceptors (Lipinski definition) is 5. The maximum absolute atomic E-state index is 13.1. The van der Waals surface area contributed by atoms with Gasteiger partial charge in [0.25, 0.3) is 5.91 Å². The van der Waals surface area contributed by atoms with Crippen LogP contribution in [-0.2, 0) is 16.6 Å². The van der Waals surface area contributed by atoms with E-state index in [9.17, 15) is 17.6 Å². The molecule has 1 aromatic heterocycles. The van der Waals surface area contributed by atoms with Gasteiger partial charge in [-0.1, -0.05) is 12.1 Å². The average Bonchev–Trinajstić information content (AvgIpc) is 3.37. The number of carbonyl (C=O) groups excluding carboxylic acids is 1. The third kappa shape index (κ3) is 4.36. The molecule has 3 aromatic rings. The van der Waals surface area contributed by atoms with Crippen LogP contribution in [0.4, 0.5) is 10.1 Å². The molecule has 0 fully saturated rings. The zero-order valence-electron chi connectivity index (χ0n) is 18.0. The van der Waals surface area contributed by atoms with Crippen LogP contribution in [0.5, 0.6) is 0 Å². The third-order valence-electron chi connectivity index (χ3n) is 5.42. The average molecular weight is 458 g/mol. The first-order chi connectivity index (χ1) is 15.1. The molecule has 1 N–H and O–H groups in total. The lowest BCUT2D eigenvalue weighted by molar-refractivity contribution is 0.0951. The maximum Gasteiger partial charge on any atom is 0.251 e. The number of aromatic nitrogens is 3. The number of rotatable bonds is 6. The first kappa shape index (κ1) is 21.9. The smallest absolute Gasteiger partial charge is 0.251 e. The summed E-state index contributed by atoms with van der Waals surface area (Å²) in [6.07, 6.45) is 2.78. The van der Waals surface area contributed by atoms with Gasteiger partial charge in [0.05, 0.1) is 17.9 Å². The quantitative estimate of drug-likeness (QED) is 0.614. The predicted octanol–water partition coefficient (Wildman–Crippen LogP) is 2.84. The highest BCUT2D eigenvalue weighted by Gasteiger charge is 2.37. The molecule has 1 aliphatic heterocycles. The van der Waals surface area contributed by atoms with Crippen molar-refractivity contribution in [3.63, 3.8) is 0 Å². The molecule has 168 valence electrons. The number of carbonyl (C=O) groups is 1. The molecule has 0 saturated heterocycles. The summed E-state index contributed by atoms with van der Waals surface area (Å²) >= 11 is 0. The molecule has 2 heterocycles. The van der Waals surface area contributed by atoms with Gasteiger partial charge >= 0.3 is 0 Å². The molecule has 2 aromatic carbocycles. The van der Waals surface area contributed by atoms with Crippen LogP contribution in [0.2, 0.25) is 0 Å². The molecule has 1 aliphatic rings. The van der Waals surface area contributed by atoms with Gasteiger partial charge in [-0.15, -0.1) is 0 Å². The van der Waals surface area contributed by atoms with Crippen molar-refractivity contribution in [1.82, 2.24) is 20.1 Å². The standard InChI is InChI=1S/C22H24FN5O3S/c1-14(2)27-13-25-21(26-27)19-12-28(32(3,30)31)20-9-6-16(10-18(19)20)22(29)24-11-15-4-7-17(23)8-5-15/h4-10,13-14,19H,11-12H2,1-3H3,(H,24,29)/t19-/m0/s1. The second-order valence-corrected chi connectivity index (χ2v) is 10.0. The molecule has 0 spiro atoms. The Labute approximate surface area is 186 Å². The Hall–Kier alpha value is -3.27. The van der Waals surface area contributed by atoms with Crippen LogP contribution in [0.25, 0.3) is 0 Å². The number of amides is 1. The SMILES string of the molecule is CC(C)n1cnc([C@H]2CN(S(C)(=O)=O)c3ccc(C(=O)NCc4ccc(F)cc4)cc32)n1. The van der Waals surface area contributed by atoms with Crippen molar-refractivity contribution in [3.05, 3.63) is 77.1 Å². The number of halogens is 1. The fraction of sp³-hybridized carbons (Fsp3) is 0.318. The lowest BCUT2D eigenvalue weighted by Gasteiger charge is -2.16. The topological polar surface area (TPSA) is 97.2 Å². The van der Waals surface area contributed by atoms with Crippen molar-refractivity contribution in [2.75, 3.05) is 17.1 Å². The van der Waals surface area contributed by atoms with Crippen LogP contribution >= 0.6 is 0 Å². The van der Waals surface area contributed by atoms with E-state index in [0.717, 1.165) is 11.8 Å². The fourth-order valence-corrected chi connectivity index (χ4v) is 4.63. The Balaban J connectivity index is 1.63. The van der Waals surface area contributed by atoms with Gasteiger partial charge in [-0.3, -0.25) is 13.8 Å². The molecular weight excluding hydrogens is 433 g/mol. The molecule has 0 bridgehead atoms. The highest BCUT2D eigenvalue weighted by atomic mass is 32.2. The van der Waals surface area contributed by atoms with Crippen LogP contribution in [0.1, 0.15) is 53.1 Å². The van der Waals surface area contributed by atoms with E-state index in [2.05, 4.69) is 15.4 Å². The van der Waals surface area contributed by atoms with Gasteiger partial charge in [-0.25, -0.2) is 17.8 Å². The number of anilines is 1. The summed E-state index contributed by atoms with van der Waals surface area (Å²) in [5.41, 5.74) is 2.37. The van der Waals surface area contributed by atoms with E-state index in [1.54, 1.807) is 41.3 Å². The van der Waals surface area contributed by atoms with Crippen LogP contribution in [0.3, 0.4) is 0 Å². The Morgan fingerprint density at radius 3 is 2.56 bits per heavy atom. The molecule has 0 aliphatic carbocycles. The minimum atomic E-state index is -3.51. The van der Waals surface area contributed by atoms with Crippen LogP contribution in [0, 0.1) is 5.82 Å². The summed E-state index contributed by atoms with van der Waals surface area (Å²) in [5.74, 6) is -0.525. The molecule has 10 heteroatoms. The summed E-state index contributed by atoms with van der Waals surface area (Å²) in [7, 11) is -3.51. The van der Waals surface area contributed by atoms with Gasteiger partial charge in [0, 0.05) is 24.7 Å². The fourth-order valence-electron chi connectivity index (χ4n) is 3.68. The Morgan fingerprint density at radius 2 is 1.94 bits per heavy atom. The Morgan fingerprint density at radius 1 is 1.22 bits per heavy atom. The molecule has 32 heavy (non-hydrogen) atoms. The Bertz CT molecular complexity index is 1250. The summed E-state index contributed by atoms with van der Waals surface area (Å²) in [6.45, 7) is 4.38. The second kappa shape index (κ2) is 8.34.